The highest BCUT2D eigenvalue weighted by Crippen LogP contribution is 2.43. The van der Waals surface area contributed by atoms with Crippen molar-refractivity contribution in [2.45, 2.75) is 39.2 Å². The number of nitrogens with zero attached hydrogens (tertiary/aromatic N) is 4. The Balaban J connectivity index is 1.51. The molecular weight excluding hydrogens is 412 g/mol. The fraction of sp³-hybridized carbons (Fsp3) is 0.652. The Morgan fingerprint density at radius 3 is 2.39 bits per heavy atom. The summed E-state index contributed by atoms with van der Waals surface area (Å²) in [6.45, 7) is 8.06. The molecule has 8 heteroatoms. The number of carbonyl (C=O) groups is 1. The highest BCUT2D eigenvalue weighted by molar-refractivity contribution is 7.91. The fourth-order valence-electron chi connectivity index (χ4n) is 5.47. The van der Waals surface area contributed by atoms with E-state index in [2.05, 4.69) is 54.0 Å². The van der Waals surface area contributed by atoms with E-state index in [4.69, 9.17) is 5.26 Å². The van der Waals surface area contributed by atoms with Gasteiger partial charge in [-0.25, -0.2) is 8.42 Å². The summed E-state index contributed by atoms with van der Waals surface area (Å²) in [6.07, 6.45) is 1.67. The molecular formula is C23H32N4O3S. The van der Waals surface area contributed by atoms with E-state index in [1.54, 1.807) is 0 Å². The summed E-state index contributed by atoms with van der Waals surface area (Å²) in [6, 6.07) is 10.8. The first kappa shape index (κ1) is 21.9. The van der Waals surface area contributed by atoms with E-state index in [0.29, 0.717) is 32.0 Å². The maximum Gasteiger partial charge on any atom is 0.223 e. The number of piperidine rings is 1. The lowest BCUT2D eigenvalue weighted by Crippen LogP contribution is -2.54. The van der Waals surface area contributed by atoms with E-state index in [1.807, 2.05) is 4.90 Å². The van der Waals surface area contributed by atoms with E-state index < -0.39 is 9.84 Å². The number of sulfone groups is 1. The van der Waals surface area contributed by atoms with E-state index in [1.165, 1.54) is 0 Å². The number of anilines is 2. The first-order chi connectivity index (χ1) is 14.7. The van der Waals surface area contributed by atoms with Crippen LogP contribution in [0.2, 0.25) is 0 Å². The normalized spacial score (nSPS) is 26.9. The van der Waals surface area contributed by atoms with Crippen molar-refractivity contribution in [2.75, 3.05) is 54.0 Å². The molecule has 4 fully saturated rings. The molecule has 1 amide bonds. The number of fused-ring (bicyclic) bond motifs is 4. The molecule has 7 nitrogen and oxygen atoms in total. The molecule has 4 aliphatic heterocycles. The van der Waals surface area contributed by atoms with Crippen molar-refractivity contribution in [3.05, 3.63) is 24.3 Å². The second-order valence-corrected chi connectivity index (χ2v) is 12.1. The summed E-state index contributed by atoms with van der Waals surface area (Å²) < 4.78 is 23.4. The van der Waals surface area contributed by atoms with Gasteiger partial charge in [-0.1, -0.05) is 13.8 Å². The first-order valence-electron chi connectivity index (χ1n) is 11.2. The summed E-state index contributed by atoms with van der Waals surface area (Å²) in [5.74, 6) is 0.932. The number of amides is 1. The van der Waals surface area contributed by atoms with Crippen LogP contribution in [-0.4, -0.2) is 69.5 Å². The van der Waals surface area contributed by atoms with E-state index in [-0.39, 0.29) is 35.3 Å². The minimum atomic E-state index is -2.89. The predicted octanol–water partition coefficient (Wildman–Crippen LogP) is 2.29. The van der Waals surface area contributed by atoms with E-state index in [9.17, 15) is 13.2 Å². The van der Waals surface area contributed by atoms with Crippen molar-refractivity contribution in [3.63, 3.8) is 0 Å². The first-order valence-corrected chi connectivity index (χ1v) is 13.0. The summed E-state index contributed by atoms with van der Waals surface area (Å²) >= 11 is 0. The second kappa shape index (κ2) is 8.34. The molecule has 0 saturated carbocycles. The van der Waals surface area contributed by atoms with Crippen LogP contribution in [0.25, 0.3) is 0 Å². The zero-order valence-electron chi connectivity index (χ0n) is 18.5. The lowest BCUT2D eigenvalue weighted by molar-refractivity contribution is -0.131. The van der Waals surface area contributed by atoms with E-state index in [0.717, 1.165) is 30.9 Å². The van der Waals surface area contributed by atoms with Crippen molar-refractivity contribution < 1.29 is 13.2 Å². The van der Waals surface area contributed by atoms with Gasteiger partial charge in [0.15, 0.2) is 9.84 Å². The number of carbonyl (C=O) groups excluding carboxylic acids is 1. The molecule has 2 bridgehead atoms. The smallest absolute Gasteiger partial charge is 0.223 e. The molecule has 0 aliphatic carbocycles. The summed E-state index contributed by atoms with van der Waals surface area (Å²) in [5.41, 5.74) is 2.31. The maximum absolute atomic E-state index is 12.7. The van der Waals surface area contributed by atoms with Gasteiger partial charge in [0.25, 0.3) is 0 Å². The average molecular weight is 445 g/mol. The van der Waals surface area contributed by atoms with Gasteiger partial charge in [0.05, 0.1) is 23.6 Å². The predicted molar refractivity (Wildman–Crippen MR) is 122 cm³/mol. The average Bonchev–Trinajstić information content (AvgIpc) is 2.99. The Morgan fingerprint density at radius 2 is 1.74 bits per heavy atom. The maximum atomic E-state index is 12.7. The summed E-state index contributed by atoms with van der Waals surface area (Å²) in [4.78, 5) is 19.2. The molecule has 0 radical (unpaired) electrons. The van der Waals surface area contributed by atoms with Gasteiger partial charge >= 0.3 is 0 Å². The van der Waals surface area contributed by atoms with Crippen LogP contribution in [0.4, 0.5) is 11.4 Å². The zero-order chi connectivity index (χ0) is 22.2. The Kier molecular flexibility index (Phi) is 5.91. The number of benzene rings is 1. The highest BCUT2D eigenvalue weighted by Gasteiger charge is 2.46. The van der Waals surface area contributed by atoms with Gasteiger partial charge in [-0.15, -0.1) is 0 Å². The van der Waals surface area contributed by atoms with E-state index >= 15 is 0 Å². The number of hydrogen-bond acceptors (Lipinski definition) is 6. The van der Waals surface area contributed by atoms with Crippen LogP contribution in [0.3, 0.4) is 0 Å². The van der Waals surface area contributed by atoms with Gasteiger partial charge in [0.1, 0.15) is 0 Å². The molecule has 4 aliphatic rings. The molecule has 0 aromatic heterocycles. The van der Waals surface area contributed by atoms with Crippen molar-refractivity contribution >= 4 is 27.1 Å². The fourth-order valence-corrected chi connectivity index (χ4v) is 6.67. The second-order valence-electron chi connectivity index (χ2n) is 9.84. The van der Waals surface area contributed by atoms with Crippen molar-refractivity contribution in [2.24, 2.45) is 11.3 Å². The largest absolute Gasteiger partial charge is 0.369 e. The van der Waals surface area contributed by atoms with Crippen LogP contribution in [-0.2, 0) is 14.6 Å². The van der Waals surface area contributed by atoms with Crippen LogP contribution in [0, 0.1) is 22.7 Å². The van der Waals surface area contributed by atoms with Crippen LogP contribution in [0.5, 0.6) is 0 Å². The topological polar surface area (TPSA) is 84.7 Å². The molecule has 0 spiro atoms. The standard InChI is InChI=1S/C23H32N4O3S/c1-23(2)14-18-15-26(22(28)4-3-9-24)17-21(23)27(16-18)20-7-5-19(6-8-20)25-10-12-31(29,30)13-11-25/h5-8,18,21H,3-4,10-17H2,1-2H3. The molecule has 31 heavy (non-hydrogen) atoms. The zero-order valence-corrected chi connectivity index (χ0v) is 19.3. The third kappa shape index (κ3) is 4.67. The molecule has 1 aromatic carbocycles. The third-order valence-corrected chi connectivity index (χ3v) is 8.72. The minimum Gasteiger partial charge on any atom is -0.369 e. The quantitative estimate of drug-likeness (QED) is 0.708. The van der Waals surface area contributed by atoms with Crippen molar-refractivity contribution in [1.82, 2.24) is 4.90 Å². The Bertz CT molecular complexity index is 954. The number of hydrogen-bond donors (Lipinski definition) is 0. The summed E-state index contributed by atoms with van der Waals surface area (Å²) in [5, 5.41) is 8.84. The molecule has 4 heterocycles. The van der Waals surface area contributed by atoms with Crippen LogP contribution < -0.4 is 9.80 Å². The van der Waals surface area contributed by atoms with Gasteiger partial charge in [-0.05, 0) is 42.0 Å². The molecule has 1 aromatic rings. The minimum absolute atomic E-state index is 0.0894. The lowest BCUT2D eigenvalue weighted by Gasteiger charge is -2.48. The highest BCUT2D eigenvalue weighted by atomic mass is 32.2. The van der Waals surface area contributed by atoms with Gasteiger partial charge in [-0.2, -0.15) is 5.26 Å². The van der Waals surface area contributed by atoms with Gasteiger partial charge < -0.3 is 14.7 Å². The van der Waals surface area contributed by atoms with Crippen LogP contribution in [0.1, 0.15) is 33.1 Å². The molecule has 4 saturated heterocycles. The van der Waals surface area contributed by atoms with Crippen LogP contribution in [0.15, 0.2) is 24.3 Å². The van der Waals surface area contributed by atoms with Crippen LogP contribution >= 0.6 is 0 Å². The van der Waals surface area contributed by atoms with Gasteiger partial charge in [0, 0.05) is 56.9 Å². The third-order valence-electron chi connectivity index (χ3n) is 7.11. The Labute approximate surface area is 185 Å². The SMILES string of the molecule is CC1(C)CC2CN(C(=O)CCC#N)CC1N(c1ccc(N3CCS(=O)(=O)CC3)cc1)C2. The van der Waals surface area contributed by atoms with Crippen molar-refractivity contribution in [3.8, 4) is 6.07 Å². The monoisotopic (exact) mass is 444 g/mol. The van der Waals surface area contributed by atoms with Gasteiger partial charge in [-0.3, -0.25) is 4.79 Å². The van der Waals surface area contributed by atoms with Crippen molar-refractivity contribution in [1.29, 1.82) is 5.26 Å². The number of rotatable bonds is 4. The molecule has 5 rings (SSSR count). The van der Waals surface area contributed by atoms with Gasteiger partial charge in [0.2, 0.25) is 5.91 Å². The lowest BCUT2D eigenvalue weighted by atomic mass is 9.73. The molecule has 0 N–H and O–H groups in total. The Morgan fingerprint density at radius 1 is 1.10 bits per heavy atom. The Hall–Kier alpha value is -2.27. The molecule has 2 unspecified atom stereocenters. The summed E-state index contributed by atoms with van der Waals surface area (Å²) in [7, 11) is -2.89. The molecule has 168 valence electrons. The number of nitriles is 1. The molecule has 2 atom stereocenters.